The summed E-state index contributed by atoms with van der Waals surface area (Å²) in [5, 5.41) is 3.34. The van der Waals surface area contributed by atoms with Crippen LogP contribution in [0, 0.1) is 0 Å². The fraction of sp³-hybridized carbons (Fsp3) is 0. The summed E-state index contributed by atoms with van der Waals surface area (Å²) in [6, 6.07) is 6.07. The van der Waals surface area contributed by atoms with Crippen LogP contribution in [-0.2, 0) is 0 Å². The Kier molecular flexibility index (Phi) is 4.37. The van der Waals surface area contributed by atoms with Gasteiger partial charge < -0.3 is 5.73 Å². The summed E-state index contributed by atoms with van der Waals surface area (Å²) >= 11 is 0. The fourth-order valence-electron chi connectivity index (χ4n) is 0.744. The van der Waals surface area contributed by atoms with Gasteiger partial charge in [0.1, 0.15) is 0 Å². The van der Waals surface area contributed by atoms with Crippen LogP contribution >= 0.6 is 12.4 Å². The highest BCUT2D eigenvalue weighted by molar-refractivity contribution is 5.92. The Hall–Kier alpha value is -1.71. The molecule has 5 nitrogen and oxygen atoms in total. The van der Waals surface area contributed by atoms with Gasteiger partial charge >= 0.3 is 0 Å². The Balaban J connectivity index is 0.00000144. The second-order valence-corrected chi connectivity index (χ2v) is 2.10. The van der Waals surface area contributed by atoms with E-state index in [-0.39, 0.29) is 12.4 Å². The summed E-state index contributed by atoms with van der Waals surface area (Å²) in [6.45, 7) is 0. The van der Waals surface area contributed by atoms with Gasteiger partial charge in [-0.1, -0.05) is 17.2 Å². The average molecular weight is 199 g/mol. The molecule has 0 heterocycles. The van der Waals surface area contributed by atoms with Gasteiger partial charge in [-0.15, -0.1) is 12.4 Å². The number of benzene rings is 1. The first-order valence-electron chi connectivity index (χ1n) is 3.19. The maximum atomic E-state index is 10.6. The predicted octanol–water partition coefficient (Wildman–Crippen LogP) is 2.15. The van der Waals surface area contributed by atoms with Crippen molar-refractivity contribution < 1.29 is 4.79 Å². The molecule has 1 rings (SSSR count). The van der Waals surface area contributed by atoms with Crippen LogP contribution in [0.4, 0.5) is 5.69 Å². The van der Waals surface area contributed by atoms with Gasteiger partial charge in [-0.2, -0.15) is 0 Å². The van der Waals surface area contributed by atoms with Gasteiger partial charge in [0.2, 0.25) is 5.91 Å². The normalized spacial score (nSPS) is 8.00. The molecule has 1 amide bonds. The van der Waals surface area contributed by atoms with E-state index >= 15 is 0 Å². The summed E-state index contributed by atoms with van der Waals surface area (Å²) in [6.07, 6.45) is 0. The van der Waals surface area contributed by atoms with Gasteiger partial charge in [0, 0.05) is 16.2 Å². The van der Waals surface area contributed by atoms with E-state index in [1.165, 1.54) is 24.3 Å². The maximum absolute atomic E-state index is 10.6. The van der Waals surface area contributed by atoms with Gasteiger partial charge in [0.25, 0.3) is 0 Å². The number of rotatable bonds is 2. The van der Waals surface area contributed by atoms with Crippen LogP contribution in [0.1, 0.15) is 10.4 Å². The number of amides is 1. The molecular formula is C7H7ClN4O. The molecule has 0 saturated carbocycles. The number of carbonyl (C=O) groups is 1. The van der Waals surface area contributed by atoms with Crippen molar-refractivity contribution >= 4 is 24.0 Å². The molecule has 1 aromatic carbocycles. The minimum atomic E-state index is -0.498. The lowest BCUT2D eigenvalue weighted by Crippen LogP contribution is -2.10. The Morgan fingerprint density at radius 1 is 1.38 bits per heavy atom. The molecule has 0 unspecified atom stereocenters. The number of hydrogen-bond donors (Lipinski definition) is 1. The van der Waals surface area contributed by atoms with E-state index < -0.39 is 5.91 Å². The molecule has 6 heteroatoms. The molecule has 0 saturated heterocycles. The molecule has 0 aromatic heterocycles. The van der Waals surface area contributed by atoms with Gasteiger partial charge in [-0.3, -0.25) is 4.79 Å². The predicted molar refractivity (Wildman–Crippen MR) is 51.0 cm³/mol. The zero-order valence-corrected chi connectivity index (χ0v) is 7.36. The summed E-state index contributed by atoms with van der Waals surface area (Å²) in [5.41, 5.74) is 13.9. The van der Waals surface area contributed by atoms with Crippen LogP contribution < -0.4 is 5.73 Å². The number of carbonyl (C=O) groups excluding carboxylic acids is 1. The first-order chi connectivity index (χ1) is 5.74. The van der Waals surface area contributed by atoms with E-state index in [9.17, 15) is 4.79 Å². The molecule has 0 aliphatic rings. The van der Waals surface area contributed by atoms with Gasteiger partial charge in [-0.05, 0) is 17.7 Å². The highest BCUT2D eigenvalue weighted by atomic mass is 35.5. The molecule has 68 valence electrons. The highest BCUT2D eigenvalue weighted by Gasteiger charge is 1.97. The number of azide groups is 1. The minimum absolute atomic E-state index is 0. The second-order valence-electron chi connectivity index (χ2n) is 2.10. The number of nitrogens with zero attached hydrogens (tertiary/aromatic N) is 3. The van der Waals surface area contributed by atoms with Crippen molar-refractivity contribution in [1.29, 1.82) is 0 Å². The second kappa shape index (κ2) is 5.03. The monoisotopic (exact) mass is 198 g/mol. The van der Waals surface area contributed by atoms with Crippen molar-refractivity contribution in [3.63, 3.8) is 0 Å². The highest BCUT2D eigenvalue weighted by Crippen LogP contribution is 2.12. The molecule has 0 aliphatic carbocycles. The van der Waals surface area contributed by atoms with Gasteiger partial charge in [-0.25, -0.2) is 0 Å². The molecule has 0 spiro atoms. The van der Waals surface area contributed by atoms with E-state index in [4.69, 9.17) is 11.3 Å². The molecule has 0 radical (unpaired) electrons. The Labute approximate surface area is 80.6 Å². The summed E-state index contributed by atoms with van der Waals surface area (Å²) in [4.78, 5) is 13.2. The van der Waals surface area contributed by atoms with Crippen LogP contribution in [0.2, 0.25) is 0 Å². The quantitative estimate of drug-likeness (QED) is 0.440. The smallest absolute Gasteiger partial charge is 0.248 e. The van der Waals surface area contributed by atoms with E-state index in [0.717, 1.165) is 0 Å². The topological polar surface area (TPSA) is 91.8 Å². The lowest BCUT2D eigenvalue weighted by Gasteiger charge is -1.93. The van der Waals surface area contributed by atoms with E-state index in [0.29, 0.717) is 11.3 Å². The van der Waals surface area contributed by atoms with Crippen molar-refractivity contribution in [3.05, 3.63) is 40.3 Å². The average Bonchev–Trinajstić information content (AvgIpc) is 2.06. The first kappa shape index (κ1) is 11.3. The van der Waals surface area contributed by atoms with Gasteiger partial charge in [0.05, 0.1) is 0 Å². The molecule has 0 fully saturated rings. The number of primary amides is 1. The third-order valence-electron chi connectivity index (χ3n) is 1.31. The largest absolute Gasteiger partial charge is 0.366 e. The summed E-state index contributed by atoms with van der Waals surface area (Å²) in [5.74, 6) is -0.498. The third-order valence-corrected chi connectivity index (χ3v) is 1.31. The lowest BCUT2D eigenvalue weighted by molar-refractivity contribution is 0.100. The van der Waals surface area contributed by atoms with Crippen molar-refractivity contribution in [3.8, 4) is 0 Å². The van der Waals surface area contributed by atoms with E-state index in [2.05, 4.69) is 10.0 Å². The SMILES string of the molecule is Cl.[N-]=[N+]=Nc1ccc(C(N)=O)cc1. The molecule has 1 aromatic rings. The van der Waals surface area contributed by atoms with Crippen molar-refractivity contribution in [2.75, 3.05) is 0 Å². The summed E-state index contributed by atoms with van der Waals surface area (Å²) < 4.78 is 0. The molecule has 0 bridgehead atoms. The molecule has 0 atom stereocenters. The lowest BCUT2D eigenvalue weighted by atomic mass is 10.2. The molecule has 13 heavy (non-hydrogen) atoms. The Bertz CT molecular complexity index is 321. The van der Waals surface area contributed by atoms with Crippen molar-refractivity contribution in [2.24, 2.45) is 10.8 Å². The third kappa shape index (κ3) is 3.02. The zero-order valence-electron chi connectivity index (χ0n) is 6.54. The van der Waals surface area contributed by atoms with Crippen molar-refractivity contribution in [1.82, 2.24) is 0 Å². The minimum Gasteiger partial charge on any atom is -0.366 e. The van der Waals surface area contributed by atoms with Gasteiger partial charge in [0.15, 0.2) is 0 Å². The molecular weight excluding hydrogens is 192 g/mol. The van der Waals surface area contributed by atoms with Crippen LogP contribution in [0.15, 0.2) is 29.4 Å². The van der Waals surface area contributed by atoms with E-state index in [1.54, 1.807) is 0 Å². The first-order valence-corrected chi connectivity index (χ1v) is 3.19. The van der Waals surface area contributed by atoms with E-state index in [1.807, 2.05) is 0 Å². The van der Waals surface area contributed by atoms with Crippen LogP contribution in [0.5, 0.6) is 0 Å². The number of hydrogen-bond acceptors (Lipinski definition) is 2. The Morgan fingerprint density at radius 2 is 1.92 bits per heavy atom. The molecule has 0 aliphatic heterocycles. The fourth-order valence-corrected chi connectivity index (χ4v) is 0.744. The van der Waals surface area contributed by atoms with Crippen molar-refractivity contribution in [2.45, 2.75) is 0 Å². The van der Waals surface area contributed by atoms with Crippen LogP contribution in [-0.4, -0.2) is 5.91 Å². The van der Waals surface area contributed by atoms with Crippen LogP contribution in [0.25, 0.3) is 10.4 Å². The standard InChI is InChI=1S/C7H6N4O.ClH/c8-7(12)5-1-3-6(4-2-5)10-11-9;/h1-4H,(H2,8,12);1H. The Morgan fingerprint density at radius 3 is 2.31 bits per heavy atom. The summed E-state index contributed by atoms with van der Waals surface area (Å²) in [7, 11) is 0. The van der Waals surface area contributed by atoms with Crippen LogP contribution in [0.3, 0.4) is 0 Å². The molecule has 2 N–H and O–H groups in total. The number of halogens is 1. The zero-order chi connectivity index (χ0) is 8.97. The number of nitrogens with two attached hydrogens (primary N) is 1. The maximum Gasteiger partial charge on any atom is 0.248 e.